The molecule has 0 saturated heterocycles. The number of anilines is 1. The molecule has 0 radical (unpaired) electrons. The minimum atomic E-state index is 0.447. The highest BCUT2D eigenvalue weighted by Crippen LogP contribution is 2.17. The van der Waals surface area contributed by atoms with Crippen molar-refractivity contribution in [3.8, 4) is 0 Å². The van der Waals surface area contributed by atoms with Gasteiger partial charge in [0.2, 0.25) is 0 Å². The Kier molecular flexibility index (Phi) is 4.17. The fourth-order valence-electron chi connectivity index (χ4n) is 2.06. The Morgan fingerprint density at radius 2 is 1.84 bits per heavy atom. The molecule has 0 heterocycles. The second-order valence-electron chi connectivity index (χ2n) is 4.67. The number of thiocarbonyl (C=S) groups is 1. The van der Waals surface area contributed by atoms with Crippen molar-refractivity contribution in [2.45, 2.75) is 20.4 Å². The standard InChI is InChI=1S/C16H18N2S/c1-11-5-3-4-6-13(11)10-18-14-7-8-15(16(17)19)12(2)9-14/h3-9,18H,10H2,1-2H3,(H2,17,19). The predicted octanol–water partition coefficient (Wildman–Crippen LogP) is 3.55. The van der Waals surface area contributed by atoms with Crippen LogP contribution in [0.25, 0.3) is 0 Å². The highest BCUT2D eigenvalue weighted by atomic mass is 32.1. The summed E-state index contributed by atoms with van der Waals surface area (Å²) < 4.78 is 0. The number of nitrogens with one attached hydrogen (secondary N) is 1. The van der Waals surface area contributed by atoms with Crippen molar-refractivity contribution < 1.29 is 0 Å². The minimum Gasteiger partial charge on any atom is -0.389 e. The van der Waals surface area contributed by atoms with Crippen molar-refractivity contribution in [1.29, 1.82) is 0 Å². The normalized spacial score (nSPS) is 10.2. The first-order valence-electron chi connectivity index (χ1n) is 6.27. The molecular weight excluding hydrogens is 252 g/mol. The maximum Gasteiger partial charge on any atom is 0.104 e. The maximum atomic E-state index is 5.66. The van der Waals surface area contributed by atoms with Crippen molar-refractivity contribution in [2.24, 2.45) is 5.73 Å². The number of nitrogens with two attached hydrogens (primary N) is 1. The van der Waals surface area contributed by atoms with Gasteiger partial charge in [-0.05, 0) is 48.7 Å². The van der Waals surface area contributed by atoms with E-state index in [9.17, 15) is 0 Å². The third-order valence-electron chi connectivity index (χ3n) is 3.24. The van der Waals surface area contributed by atoms with Crippen LogP contribution in [-0.2, 0) is 6.54 Å². The third-order valence-corrected chi connectivity index (χ3v) is 3.46. The van der Waals surface area contributed by atoms with Crippen LogP contribution in [-0.4, -0.2) is 4.99 Å². The summed E-state index contributed by atoms with van der Waals surface area (Å²) in [5.41, 5.74) is 11.4. The molecule has 0 spiro atoms. The molecule has 2 nitrogen and oxygen atoms in total. The van der Waals surface area contributed by atoms with Crippen LogP contribution in [0.5, 0.6) is 0 Å². The molecule has 0 aliphatic carbocycles. The number of rotatable bonds is 4. The van der Waals surface area contributed by atoms with E-state index in [4.69, 9.17) is 18.0 Å². The van der Waals surface area contributed by atoms with Crippen molar-refractivity contribution >= 4 is 22.9 Å². The summed E-state index contributed by atoms with van der Waals surface area (Å²) in [5.74, 6) is 0. The Balaban J connectivity index is 2.11. The first kappa shape index (κ1) is 13.6. The first-order valence-corrected chi connectivity index (χ1v) is 6.67. The van der Waals surface area contributed by atoms with Crippen molar-refractivity contribution in [3.05, 3.63) is 64.7 Å². The van der Waals surface area contributed by atoms with E-state index < -0.39 is 0 Å². The summed E-state index contributed by atoms with van der Waals surface area (Å²) in [7, 11) is 0. The Bertz CT molecular complexity index is 605. The summed E-state index contributed by atoms with van der Waals surface area (Å²) in [6, 6.07) is 14.4. The molecular formula is C16H18N2S. The maximum absolute atomic E-state index is 5.66. The van der Waals surface area contributed by atoms with E-state index in [2.05, 4.69) is 42.6 Å². The molecule has 3 N–H and O–H groups in total. The van der Waals surface area contributed by atoms with Crippen LogP contribution in [0.4, 0.5) is 5.69 Å². The fraction of sp³-hybridized carbons (Fsp3) is 0.188. The van der Waals surface area contributed by atoms with E-state index in [-0.39, 0.29) is 0 Å². The Labute approximate surface area is 119 Å². The molecule has 0 bridgehead atoms. The minimum absolute atomic E-state index is 0.447. The summed E-state index contributed by atoms with van der Waals surface area (Å²) in [5, 5.41) is 3.42. The molecule has 98 valence electrons. The van der Waals surface area contributed by atoms with Crippen molar-refractivity contribution in [1.82, 2.24) is 0 Å². The summed E-state index contributed by atoms with van der Waals surface area (Å²) in [6.07, 6.45) is 0. The van der Waals surface area contributed by atoms with E-state index >= 15 is 0 Å². The van der Waals surface area contributed by atoms with Gasteiger partial charge in [0.05, 0.1) is 0 Å². The summed E-state index contributed by atoms with van der Waals surface area (Å²) in [4.78, 5) is 0.447. The van der Waals surface area contributed by atoms with Crippen LogP contribution in [0.15, 0.2) is 42.5 Å². The molecule has 0 aromatic heterocycles. The summed E-state index contributed by atoms with van der Waals surface area (Å²) in [6.45, 7) is 4.96. The van der Waals surface area contributed by atoms with Crippen LogP contribution in [0, 0.1) is 13.8 Å². The highest BCUT2D eigenvalue weighted by molar-refractivity contribution is 7.80. The highest BCUT2D eigenvalue weighted by Gasteiger charge is 2.03. The lowest BCUT2D eigenvalue weighted by Crippen LogP contribution is -2.11. The van der Waals surface area contributed by atoms with Gasteiger partial charge in [0.1, 0.15) is 4.99 Å². The first-order chi connectivity index (χ1) is 9.08. The van der Waals surface area contributed by atoms with Gasteiger partial charge in [-0.1, -0.05) is 36.5 Å². The molecule has 2 rings (SSSR count). The second kappa shape index (κ2) is 5.85. The number of hydrogen-bond acceptors (Lipinski definition) is 2. The average molecular weight is 270 g/mol. The van der Waals surface area contributed by atoms with Crippen LogP contribution in [0.1, 0.15) is 22.3 Å². The van der Waals surface area contributed by atoms with Gasteiger partial charge < -0.3 is 11.1 Å². The lowest BCUT2D eigenvalue weighted by Gasteiger charge is -2.11. The molecule has 0 aliphatic rings. The van der Waals surface area contributed by atoms with E-state index in [1.165, 1.54) is 11.1 Å². The Morgan fingerprint density at radius 3 is 2.47 bits per heavy atom. The van der Waals surface area contributed by atoms with Crippen LogP contribution < -0.4 is 11.1 Å². The smallest absolute Gasteiger partial charge is 0.104 e. The molecule has 0 aliphatic heterocycles. The quantitative estimate of drug-likeness (QED) is 0.834. The molecule has 19 heavy (non-hydrogen) atoms. The molecule has 0 unspecified atom stereocenters. The van der Waals surface area contributed by atoms with Gasteiger partial charge in [-0.2, -0.15) is 0 Å². The Morgan fingerprint density at radius 1 is 1.11 bits per heavy atom. The molecule has 0 saturated carbocycles. The largest absolute Gasteiger partial charge is 0.389 e. The van der Waals surface area contributed by atoms with Crippen LogP contribution in [0.2, 0.25) is 0 Å². The van der Waals surface area contributed by atoms with Gasteiger partial charge in [0, 0.05) is 17.8 Å². The van der Waals surface area contributed by atoms with Crippen LogP contribution >= 0.6 is 12.2 Å². The zero-order chi connectivity index (χ0) is 13.8. The van der Waals surface area contributed by atoms with Gasteiger partial charge in [-0.15, -0.1) is 0 Å². The van der Waals surface area contributed by atoms with Gasteiger partial charge in [-0.25, -0.2) is 0 Å². The number of benzene rings is 2. The van der Waals surface area contributed by atoms with E-state index in [1.807, 2.05) is 19.1 Å². The zero-order valence-electron chi connectivity index (χ0n) is 11.2. The summed E-state index contributed by atoms with van der Waals surface area (Å²) >= 11 is 5.01. The van der Waals surface area contributed by atoms with Gasteiger partial charge in [0.15, 0.2) is 0 Å². The molecule has 0 fully saturated rings. The van der Waals surface area contributed by atoms with Gasteiger partial charge >= 0.3 is 0 Å². The third kappa shape index (κ3) is 3.32. The Hall–Kier alpha value is -1.87. The number of aryl methyl sites for hydroxylation is 2. The molecule has 0 amide bonds. The lowest BCUT2D eigenvalue weighted by atomic mass is 10.1. The van der Waals surface area contributed by atoms with Crippen LogP contribution in [0.3, 0.4) is 0 Å². The van der Waals surface area contributed by atoms with E-state index in [1.54, 1.807) is 0 Å². The van der Waals surface area contributed by atoms with E-state index in [0.717, 1.165) is 23.4 Å². The topological polar surface area (TPSA) is 38.0 Å². The lowest BCUT2D eigenvalue weighted by molar-refractivity contribution is 1.12. The second-order valence-corrected chi connectivity index (χ2v) is 5.11. The predicted molar refractivity (Wildman–Crippen MR) is 85.6 cm³/mol. The fourth-order valence-corrected chi connectivity index (χ4v) is 2.28. The van der Waals surface area contributed by atoms with Crippen molar-refractivity contribution in [2.75, 3.05) is 5.32 Å². The SMILES string of the molecule is Cc1ccccc1CNc1ccc(C(N)=S)c(C)c1. The van der Waals surface area contributed by atoms with Gasteiger partial charge in [-0.3, -0.25) is 0 Å². The zero-order valence-corrected chi connectivity index (χ0v) is 12.1. The molecule has 0 atom stereocenters. The van der Waals surface area contributed by atoms with Gasteiger partial charge in [0.25, 0.3) is 0 Å². The molecule has 2 aromatic carbocycles. The number of hydrogen-bond donors (Lipinski definition) is 2. The average Bonchev–Trinajstić information content (AvgIpc) is 2.37. The molecule has 2 aromatic rings. The van der Waals surface area contributed by atoms with Crippen molar-refractivity contribution in [3.63, 3.8) is 0 Å². The monoisotopic (exact) mass is 270 g/mol. The molecule has 3 heteroatoms. The van der Waals surface area contributed by atoms with E-state index in [0.29, 0.717) is 4.99 Å².